The van der Waals surface area contributed by atoms with Gasteiger partial charge in [-0.15, -0.1) is 0 Å². The fourth-order valence-electron chi connectivity index (χ4n) is 4.26. The minimum atomic E-state index is -4.83. The topological polar surface area (TPSA) is 160 Å². The largest absolute Gasteiger partial charge is 0.355 e. The third-order valence-electron chi connectivity index (χ3n) is 5.86. The Kier molecular flexibility index (Phi) is 4.97. The maximum atomic E-state index is 13.6. The Labute approximate surface area is 199 Å². The van der Waals surface area contributed by atoms with Gasteiger partial charge in [0.25, 0.3) is 25.8 Å². The predicted molar refractivity (Wildman–Crippen MR) is 127 cm³/mol. The van der Waals surface area contributed by atoms with Crippen molar-refractivity contribution < 1.29 is 30.7 Å². The van der Waals surface area contributed by atoms with Crippen LogP contribution < -0.4 is 10.9 Å². The van der Waals surface area contributed by atoms with Crippen molar-refractivity contribution in [2.45, 2.75) is 9.79 Å². The van der Waals surface area contributed by atoms with Gasteiger partial charge in [0.15, 0.2) is 5.78 Å². The monoisotopic (exact) mass is 512 g/mol. The van der Waals surface area contributed by atoms with Crippen molar-refractivity contribution in [2.75, 3.05) is 5.32 Å². The van der Waals surface area contributed by atoms with Crippen molar-refractivity contribution >= 4 is 48.3 Å². The van der Waals surface area contributed by atoms with Crippen LogP contribution in [0.15, 0.2) is 75.2 Å². The number of carbonyl (C=O) groups excluding carboxylic acids is 1. The Morgan fingerprint density at radius 1 is 0.771 bits per heavy atom. The third kappa shape index (κ3) is 3.72. The summed E-state index contributed by atoms with van der Waals surface area (Å²) in [7, 11) is -8.09. The van der Waals surface area contributed by atoms with Crippen LogP contribution in [0, 0.1) is 0 Å². The number of rotatable bonds is 4. The second-order valence-electron chi connectivity index (χ2n) is 7.98. The molecule has 0 amide bonds. The van der Waals surface area contributed by atoms with Crippen LogP contribution in [-0.4, -0.2) is 36.3 Å². The summed E-state index contributed by atoms with van der Waals surface area (Å²) >= 11 is 0. The molecule has 1 aliphatic carbocycles. The number of benzene rings is 3. The zero-order valence-electron chi connectivity index (χ0n) is 17.9. The number of aryl methyl sites for hydroxylation is 1. The summed E-state index contributed by atoms with van der Waals surface area (Å²) in [5, 5.41) is 3.33. The van der Waals surface area contributed by atoms with Gasteiger partial charge >= 0.3 is 0 Å². The first-order chi connectivity index (χ1) is 16.4. The number of ketones is 1. The second-order valence-corrected chi connectivity index (χ2v) is 10.8. The Balaban J connectivity index is 1.80. The van der Waals surface area contributed by atoms with Gasteiger partial charge in [-0.3, -0.25) is 18.7 Å². The van der Waals surface area contributed by atoms with E-state index in [-0.39, 0.29) is 28.3 Å². The molecule has 1 aromatic heterocycles. The van der Waals surface area contributed by atoms with Crippen LogP contribution in [-0.2, 0) is 27.3 Å². The summed E-state index contributed by atoms with van der Waals surface area (Å²) in [6, 6.07) is 13.8. The van der Waals surface area contributed by atoms with E-state index >= 15 is 0 Å². The average molecular weight is 513 g/mol. The quantitative estimate of drug-likeness (QED) is 0.308. The van der Waals surface area contributed by atoms with Crippen molar-refractivity contribution in [1.29, 1.82) is 0 Å². The predicted octanol–water partition coefficient (Wildman–Crippen LogP) is 2.99. The highest BCUT2D eigenvalue weighted by atomic mass is 32.2. The fraction of sp³-hybridized carbons (Fsp3) is 0.0435. The summed E-state index contributed by atoms with van der Waals surface area (Å²) < 4.78 is 67.1. The molecule has 10 nitrogen and oxygen atoms in total. The fourth-order valence-corrected chi connectivity index (χ4v) is 5.43. The van der Waals surface area contributed by atoms with Crippen LogP contribution in [0.5, 0.6) is 0 Å². The lowest BCUT2D eigenvalue weighted by Crippen LogP contribution is -2.21. The Morgan fingerprint density at radius 3 is 1.97 bits per heavy atom. The molecule has 12 heteroatoms. The maximum absolute atomic E-state index is 13.6. The molecule has 3 N–H and O–H groups in total. The van der Waals surface area contributed by atoms with Gasteiger partial charge in [0.05, 0.1) is 26.6 Å². The van der Waals surface area contributed by atoms with E-state index in [0.717, 1.165) is 12.1 Å². The molecule has 0 radical (unpaired) electrons. The highest BCUT2D eigenvalue weighted by Crippen LogP contribution is 2.42. The first kappa shape index (κ1) is 22.9. The zero-order chi connectivity index (χ0) is 25.3. The Morgan fingerprint density at radius 2 is 1.37 bits per heavy atom. The van der Waals surface area contributed by atoms with E-state index in [1.54, 1.807) is 37.4 Å². The minimum absolute atomic E-state index is 0.124. The molecule has 1 heterocycles. The molecule has 0 unspecified atom stereocenters. The highest BCUT2D eigenvalue weighted by molar-refractivity contribution is 7.86. The maximum Gasteiger partial charge on any atom is 0.294 e. The number of hydrogen-bond donors (Lipinski definition) is 3. The smallest absolute Gasteiger partial charge is 0.294 e. The summed E-state index contributed by atoms with van der Waals surface area (Å²) in [6.45, 7) is 0. The van der Waals surface area contributed by atoms with Gasteiger partial charge in [0, 0.05) is 29.8 Å². The first-order valence-electron chi connectivity index (χ1n) is 10.0. The zero-order valence-corrected chi connectivity index (χ0v) is 19.5. The molecular formula is C23H16N2O8S2. The van der Waals surface area contributed by atoms with E-state index in [9.17, 15) is 35.5 Å². The van der Waals surface area contributed by atoms with E-state index in [1.807, 2.05) is 0 Å². The molecule has 0 spiro atoms. The molecule has 0 saturated heterocycles. The lowest BCUT2D eigenvalue weighted by molar-refractivity contribution is 0.104. The number of aromatic nitrogens is 1. The standard InChI is InChI=1S/C23H16N2O8S2/c1-25-19-7-6-18(24-12-8-13(34(28,29)30)10-14(9-12)35(31,32)33)22-21(19)17(11-20(25)26)15-4-2-3-5-16(15)23(22)27/h2-11,24H,1H3,(H,28,29,30)(H,31,32,33). The molecule has 0 bridgehead atoms. The van der Waals surface area contributed by atoms with Crippen LogP contribution in [0.4, 0.5) is 11.4 Å². The molecule has 0 atom stereocenters. The number of fused-ring (bicyclic) bond motifs is 2. The molecule has 35 heavy (non-hydrogen) atoms. The van der Waals surface area contributed by atoms with Crippen LogP contribution >= 0.6 is 0 Å². The van der Waals surface area contributed by atoms with E-state index in [0.29, 0.717) is 33.7 Å². The van der Waals surface area contributed by atoms with E-state index in [2.05, 4.69) is 5.32 Å². The van der Waals surface area contributed by atoms with E-state index in [4.69, 9.17) is 0 Å². The van der Waals surface area contributed by atoms with Crippen LogP contribution in [0.3, 0.4) is 0 Å². The normalized spacial score (nSPS) is 13.1. The third-order valence-corrected chi connectivity index (χ3v) is 7.52. The lowest BCUT2D eigenvalue weighted by atomic mass is 9.83. The van der Waals surface area contributed by atoms with Crippen LogP contribution in [0.1, 0.15) is 15.9 Å². The molecule has 0 saturated carbocycles. The van der Waals surface area contributed by atoms with Gasteiger partial charge in [-0.1, -0.05) is 24.3 Å². The summed E-state index contributed by atoms with van der Waals surface area (Å²) in [4.78, 5) is 24.6. The van der Waals surface area contributed by atoms with Gasteiger partial charge < -0.3 is 9.88 Å². The van der Waals surface area contributed by atoms with E-state index in [1.165, 1.54) is 16.7 Å². The SMILES string of the molecule is Cn1c(=O)cc2c3c(c(Nc4cc(S(=O)(=O)O)cc(S(=O)(=O)O)c4)ccc31)C(=O)c1ccccc1-2. The number of nitrogens with zero attached hydrogens (tertiary/aromatic N) is 1. The van der Waals surface area contributed by atoms with Gasteiger partial charge in [-0.05, 0) is 41.5 Å². The van der Waals surface area contributed by atoms with Crippen molar-refractivity contribution in [3.05, 3.63) is 82.1 Å². The van der Waals surface area contributed by atoms with Crippen molar-refractivity contribution in [1.82, 2.24) is 4.57 Å². The number of hydrogen-bond acceptors (Lipinski definition) is 7. The van der Waals surface area contributed by atoms with Gasteiger partial charge in [0.1, 0.15) is 0 Å². The molecule has 0 fully saturated rings. The lowest BCUT2D eigenvalue weighted by Gasteiger charge is -2.23. The summed E-state index contributed by atoms with van der Waals surface area (Å²) in [5.74, 6) is -0.360. The number of anilines is 2. The number of pyridine rings is 1. The van der Waals surface area contributed by atoms with Gasteiger partial charge in [-0.2, -0.15) is 16.8 Å². The first-order valence-corrected chi connectivity index (χ1v) is 12.9. The minimum Gasteiger partial charge on any atom is -0.355 e. The molecular weight excluding hydrogens is 496 g/mol. The Bertz CT molecular complexity index is 1820. The summed E-state index contributed by atoms with van der Waals surface area (Å²) in [5.41, 5.74) is 1.97. The Hall–Kier alpha value is -3.84. The highest BCUT2D eigenvalue weighted by Gasteiger charge is 2.29. The molecule has 5 rings (SSSR count). The molecule has 1 aliphatic rings. The number of nitrogens with one attached hydrogen (secondary N) is 1. The molecule has 0 aliphatic heterocycles. The van der Waals surface area contributed by atoms with Gasteiger partial charge in [0.2, 0.25) is 0 Å². The van der Waals surface area contributed by atoms with E-state index < -0.39 is 30.0 Å². The average Bonchev–Trinajstić information content (AvgIpc) is 2.79. The van der Waals surface area contributed by atoms with Crippen LogP contribution in [0.2, 0.25) is 0 Å². The van der Waals surface area contributed by atoms with Crippen molar-refractivity contribution in [3.8, 4) is 11.1 Å². The van der Waals surface area contributed by atoms with Gasteiger partial charge in [-0.25, -0.2) is 0 Å². The molecule has 4 aromatic rings. The van der Waals surface area contributed by atoms with Crippen molar-refractivity contribution in [2.24, 2.45) is 7.05 Å². The van der Waals surface area contributed by atoms with Crippen molar-refractivity contribution in [3.63, 3.8) is 0 Å². The summed E-state index contributed by atoms with van der Waals surface area (Å²) in [6.07, 6.45) is 0. The number of carbonyl (C=O) groups is 1. The van der Waals surface area contributed by atoms with Crippen LogP contribution in [0.25, 0.3) is 22.0 Å². The second kappa shape index (κ2) is 7.58. The molecule has 178 valence electrons. The molecule has 3 aromatic carbocycles.